The first-order valence-electron chi connectivity index (χ1n) is 17.5. The van der Waals surface area contributed by atoms with E-state index in [-0.39, 0.29) is 5.41 Å². The Bertz CT molecular complexity index is 1940. The SMILES string of the molecule is CC1(C)c2cc(N(c3ccccc3)c3ccc([Si](C)(C)C)cc3)ccc2-c2ccc(N(c3ccccc3)c3ccc([Si](C)(C)C)cc3)cc21. The summed E-state index contributed by atoms with van der Waals surface area (Å²) < 4.78 is 0. The van der Waals surface area contributed by atoms with Crippen LogP contribution in [0.25, 0.3) is 11.1 Å². The lowest BCUT2D eigenvalue weighted by atomic mass is 9.82. The molecule has 1 aliphatic rings. The molecule has 0 N–H and O–H groups in total. The summed E-state index contributed by atoms with van der Waals surface area (Å²) in [6, 6.07) is 54.2. The molecule has 0 spiro atoms. The Kier molecular flexibility index (Phi) is 8.29. The number of para-hydroxylation sites is 2. The smallest absolute Gasteiger partial charge is 0.0775 e. The van der Waals surface area contributed by atoms with Gasteiger partial charge >= 0.3 is 0 Å². The maximum absolute atomic E-state index is 2.43. The van der Waals surface area contributed by atoms with Crippen LogP contribution in [0, 0.1) is 0 Å². The van der Waals surface area contributed by atoms with Crippen molar-refractivity contribution in [1.82, 2.24) is 0 Å². The van der Waals surface area contributed by atoms with E-state index in [2.05, 4.69) is 209 Å². The van der Waals surface area contributed by atoms with Gasteiger partial charge < -0.3 is 9.80 Å². The maximum Gasteiger partial charge on any atom is 0.0775 e. The van der Waals surface area contributed by atoms with Crippen LogP contribution >= 0.6 is 0 Å². The van der Waals surface area contributed by atoms with E-state index in [0.717, 1.165) is 11.4 Å². The van der Waals surface area contributed by atoms with E-state index in [1.165, 1.54) is 55.4 Å². The summed E-state index contributed by atoms with van der Waals surface area (Å²) in [5.74, 6) is 0. The third-order valence-corrected chi connectivity index (χ3v) is 14.3. The number of hydrogen-bond acceptors (Lipinski definition) is 2. The van der Waals surface area contributed by atoms with Gasteiger partial charge in [0.25, 0.3) is 0 Å². The first-order valence-corrected chi connectivity index (χ1v) is 24.5. The predicted octanol–water partition coefficient (Wildman–Crippen LogP) is 12.0. The second kappa shape index (κ2) is 12.4. The monoisotopic (exact) mass is 672 g/mol. The van der Waals surface area contributed by atoms with Crippen molar-refractivity contribution in [3.63, 3.8) is 0 Å². The Hall–Kier alpha value is -4.65. The average Bonchev–Trinajstić information content (AvgIpc) is 3.31. The molecule has 0 heterocycles. The number of anilines is 6. The Morgan fingerprint density at radius 2 is 0.673 bits per heavy atom. The number of rotatable bonds is 8. The predicted molar refractivity (Wildman–Crippen MR) is 219 cm³/mol. The average molecular weight is 673 g/mol. The van der Waals surface area contributed by atoms with Crippen molar-refractivity contribution >= 4 is 60.6 Å². The van der Waals surface area contributed by atoms with Gasteiger partial charge in [0.1, 0.15) is 0 Å². The fourth-order valence-corrected chi connectivity index (χ4v) is 9.59. The summed E-state index contributed by atoms with van der Waals surface area (Å²) in [5.41, 5.74) is 12.3. The van der Waals surface area contributed by atoms with Gasteiger partial charge in [0.05, 0.1) is 16.1 Å². The molecule has 0 aromatic heterocycles. The van der Waals surface area contributed by atoms with Gasteiger partial charge in [-0.3, -0.25) is 0 Å². The molecular formula is C45H48N2Si2. The third kappa shape index (κ3) is 6.20. The molecule has 0 saturated carbocycles. The molecule has 0 amide bonds. The number of nitrogens with zero attached hydrogens (tertiary/aromatic N) is 2. The highest BCUT2D eigenvalue weighted by molar-refractivity contribution is 6.89. The van der Waals surface area contributed by atoms with Crippen molar-refractivity contribution in [2.24, 2.45) is 0 Å². The summed E-state index contributed by atoms with van der Waals surface area (Å²) in [5, 5.41) is 2.95. The molecule has 0 atom stereocenters. The molecule has 0 aliphatic heterocycles. The van der Waals surface area contributed by atoms with Gasteiger partial charge in [-0.25, -0.2) is 0 Å². The van der Waals surface area contributed by atoms with Gasteiger partial charge in [-0.1, -0.05) is 136 Å². The Balaban J connectivity index is 1.31. The standard InChI is InChI=1S/C45H48N2Si2/c1-45(2)43-31-37(46(33-15-11-9-12-16-33)35-19-25-39(26-20-35)48(3,4)5)23-29-41(43)42-30-24-38(32-44(42)45)47(34-17-13-10-14-18-34)36-21-27-40(28-22-36)49(6,7)8/h9-32H,1-8H3. The first-order chi connectivity index (χ1) is 23.3. The summed E-state index contributed by atoms with van der Waals surface area (Å²) in [6.45, 7) is 19.2. The van der Waals surface area contributed by atoms with E-state index < -0.39 is 16.1 Å². The van der Waals surface area contributed by atoms with Crippen molar-refractivity contribution in [2.45, 2.75) is 58.5 Å². The van der Waals surface area contributed by atoms with Crippen LogP contribution in [0.3, 0.4) is 0 Å². The van der Waals surface area contributed by atoms with E-state index in [0.29, 0.717) is 0 Å². The van der Waals surface area contributed by atoms with Gasteiger partial charge in [-0.2, -0.15) is 0 Å². The lowest BCUT2D eigenvalue weighted by molar-refractivity contribution is 0.660. The highest BCUT2D eigenvalue weighted by atomic mass is 28.3. The summed E-state index contributed by atoms with van der Waals surface area (Å²) in [4.78, 5) is 4.81. The van der Waals surface area contributed by atoms with Crippen molar-refractivity contribution < 1.29 is 0 Å². The molecule has 6 aromatic rings. The minimum absolute atomic E-state index is 0.176. The van der Waals surface area contributed by atoms with Crippen molar-refractivity contribution in [2.75, 3.05) is 9.80 Å². The number of fused-ring (bicyclic) bond motifs is 3. The van der Waals surface area contributed by atoms with Crippen molar-refractivity contribution in [1.29, 1.82) is 0 Å². The Morgan fingerprint density at radius 3 is 1.00 bits per heavy atom. The molecule has 6 aromatic carbocycles. The van der Waals surface area contributed by atoms with Gasteiger partial charge in [-0.05, 0) is 95.1 Å². The first kappa shape index (κ1) is 32.9. The van der Waals surface area contributed by atoms with Gasteiger partial charge in [-0.15, -0.1) is 0 Å². The summed E-state index contributed by atoms with van der Waals surface area (Å²) in [6.07, 6.45) is 0. The van der Waals surface area contributed by atoms with E-state index in [4.69, 9.17) is 0 Å². The normalized spacial score (nSPS) is 13.5. The third-order valence-electron chi connectivity index (χ3n) is 10.2. The summed E-state index contributed by atoms with van der Waals surface area (Å²) in [7, 11) is -2.81. The molecule has 0 unspecified atom stereocenters. The molecule has 7 rings (SSSR count). The fraction of sp³-hybridized carbons (Fsp3) is 0.200. The molecule has 0 bridgehead atoms. The minimum Gasteiger partial charge on any atom is -0.310 e. The highest BCUT2D eigenvalue weighted by Crippen LogP contribution is 2.52. The van der Waals surface area contributed by atoms with E-state index in [9.17, 15) is 0 Å². The fourth-order valence-electron chi connectivity index (χ4n) is 7.26. The van der Waals surface area contributed by atoms with Crippen LogP contribution in [-0.4, -0.2) is 16.1 Å². The lowest BCUT2D eigenvalue weighted by Gasteiger charge is -2.29. The molecule has 2 nitrogen and oxygen atoms in total. The quantitative estimate of drug-likeness (QED) is 0.149. The zero-order valence-electron chi connectivity index (χ0n) is 30.3. The van der Waals surface area contributed by atoms with Crippen LogP contribution < -0.4 is 20.2 Å². The topological polar surface area (TPSA) is 6.48 Å². The highest BCUT2D eigenvalue weighted by Gasteiger charge is 2.37. The summed E-state index contributed by atoms with van der Waals surface area (Å²) >= 11 is 0. The second-order valence-electron chi connectivity index (χ2n) is 16.0. The van der Waals surface area contributed by atoms with Gasteiger partial charge in [0, 0.05) is 39.5 Å². The van der Waals surface area contributed by atoms with E-state index >= 15 is 0 Å². The van der Waals surface area contributed by atoms with Crippen molar-refractivity contribution in [3.8, 4) is 11.1 Å². The molecule has 0 radical (unpaired) electrons. The van der Waals surface area contributed by atoms with Crippen LogP contribution in [0.2, 0.25) is 39.3 Å². The van der Waals surface area contributed by atoms with Crippen LogP contribution in [0.1, 0.15) is 25.0 Å². The molecule has 49 heavy (non-hydrogen) atoms. The van der Waals surface area contributed by atoms with Crippen LogP contribution in [0.15, 0.2) is 146 Å². The van der Waals surface area contributed by atoms with Crippen LogP contribution in [0.5, 0.6) is 0 Å². The minimum atomic E-state index is -1.41. The largest absolute Gasteiger partial charge is 0.310 e. The van der Waals surface area contributed by atoms with Gasteiger partial charge in [0.2, 0.25) is 0 Å². The van der Waals surface area contributed by atoms with E-state index in [1.54, 1.807) is 0 Å². The van der Waals surface area contributed by atoms with Crippen LogP contribution in [0.4, 0.5) is 34.1 Å². The molecular weight excluding hydrogens is 625 g/mol. The lowest BCUT2D eigenvalue weighted by Crippen LogP contribution is -2.37. The molecule has 0 saturated heterocycles. The Labute approximate surface area is 295 Å². The maximum atomic E-state index is 2.43. The van der Waals surface area contributed by atoms with Crippen LogP contribution in [-0.2, 0) is 5.41 Å². The number of benzene rings is 6. The number of hydrogen-bond donors (Lipinski definition) is 0. The molecule has 1 aliphatic carbocycles. The van der Waals surface area contributed by atoms with Crippen molar-refractivity contribution in [3.05, 3.63) is 157 Å². The zero-order valence-corrected chi connectivity index (χ0v) is 32.3. The molecule has 4 heteroatoms. The van der Waals surface area contributed by atoms with E-state index in [1.807, 2.05) is 0 Å². The van der Waals surface area contributed by atoms with Gasteiger partial charge in [0.15, 0.2) is 0 Å². The second-order valence-corrected chi connectivity index (χ2v) is 26.2. The molecule has 246 valence electrons. The zero-order chi connectivity index (χ0) is 34.6. The molecule has 0 fully saturated rings. The Morgan fingerprint density at radius 1 is 0.367 bits per heavy atom.